The monoisotopic (exact) mass is 553 g/mol. The van der Waals surface area contributed by atoms with Crippen molar-refractivity contribution in [3.8, 4) is 5.75 Å². The van der Waals surface area contributed by atoms with E-state index in [4.69, 9.17) is 4.42 Å². The number of alkyl halides is 3. The van der Waals surface area contributed by atoms with Crippen LogP contribution >= 0.6 is 0 Å². The van der Waals surface area contributed by atoms with Crippen LogP contribution in [0.25, 0.3) is 16.5 Å². The number of carbonyl (C=O) groups excluding carboxylic acids is 1. The highest BCUT2D eigenvalue weighted by Crippen LogP contribution is 2.26. The maximum atomic E-state index is 13.4. The van der Waals surface area contributed by atoms with E-state index in [2.05, 4.69) is 26.5 Å². The first kappa shape index (κ1) is 28.6. The Bertz CT molecular complexity index is 1490. The lowest BCUT2D eigenvalue weighted by atomic mass is 10.0. The van der Waals surface area contributed by atoms with Gasteiger partial charge in [0.1, 0.15) is 17.1 Å². The van der Waals surface area contributed by atoms with Gasteiger partial charge in [-0.3, -0.25) is 9.79 Å². The minimum Gasteiger partial charge on any atom is -0.443 e. The van der Waals surface area contributed by atoms with Crippen molar-refractivity contribution in [1.29, 1.82) is 0 Å². The molecular formula is C25H23F4N3O5S. The number of rotatable bonds is 10. The second kappa shape index (κ2) is 11.6. The van der Waals surface area contributed by atoms with Crippen molar-refractivity contribution >= 4 is 39.2 Å². The molecule has 0 bridgehead atoms. The molecule has 1 amide bonds. The average Bonchev–Trinajstić information content (AvgIpc) is 3.28. The van der Waals surface area contributed by atoms with Gasteiger partial charge in [0, 0.05) is 11.5 Å². The van der Waals surface area contributed by atoms with Gasteiger partial charge in [-0.05, 0) is 68.1 Å². The summed E-state index contributed by atoms with van der Waals surface area (Å²) in [7, 11) is -4.24. The molecule has 3 aromatic rings. The summed E-state index contributed by atoms with van der Waals surface area (Å²) in [4.78, 5) is 16.4. The predicted octanol–water partition coefficient (Wildman–Crippen LogP) is 4.94. The van der Waals surface area contributed by atoms with Crippen molar-refractivity contribution in [1.82, 2.24) is 10.0 Å². The zero-order valence-electron chi connectivity index (χ0n) is 20.2. The fraction of sp³-hybridized carbons (Fsp3) is 0.200. The first-order valence-corrected chi connectivity index (χ1v) is 12.5. The molecule has 0 aliphatic rings. The number of furan rings is 1. The number of carbonyl (C=O) groups is 1. The summed E-state index contributed by atoms with van der Waals surface area (Å²) < 4.78 is 87.1. The summed E-state index contributed by atoms with van der Waals surface area (Å²) >= 11 is 0. The van der Waals surface area contributed by atoms with E-state index in [0.29, 0.717) is 16.8 Å². The van der Waals surface area contributed by atoms with Crippen LogP contribution in [0.4, 0.5) is 17.6 Å². The van der Waals surface area contributed by atoms with E-state index in [1.165, 1.54) is 25.1 Å². The highest BCUT2D eigenvalue weighted by Gasteiger charge is 2.31. The molecule has 0 spiro atoms. The van der Waals surface area contributed by atoms with Crippen molar-refractivity contribution in [3.63, 3.8) is 0 Å². The number of allylic oxidation sites excluding steroid dienone is 3. The van der Waals surface area contributed by atoms with Crippen molar-refractivity contribution in [2.24, 2.45) is 4.99 Å². The molecule has 0 unspecified atom stereocenters. The topological polar surface area (TPSA) is 110 Å². The van der Waals surface area contributed by atoms with Gasteiger partial charge < -0.3 is 14.5 Å². The van der Waals surface area contributed by atoms with Crippen molar-refractivity contribution in [3.05, 3.63) is 77.8 Å². The lowest BCUT2D eigenvalue weighted by Crippen LogP contribution is -2.45. The van der Waals surface area contributed by atoms with E-state index >= 15 is 0 Å². The molecule has 2 N–H and O–H groups in total. The minimum absolute atomic E-state index is 0.120. The molecule has 0 aliphatic heterocycles. The number of hydrogen-bond acceptors (Lipinski definition) is 6. The zero-order valence-corrected chi connectivity index (χ0v) is 21.0. The van der Waals surface area contributed by atoms with Crippen LogP contribution < -0.4 is 14.8 Å². The van der Waals surface area contributed by atoms with Crippen LogP contribution in [0.3, 0.4) is 0 Å². The second-order valence-corrected chi connectivity index (χ2v) is 9.56. The van der Waals surface area contributed by atoms with Crippen molar-refractivity contribution in [2.75, 3.05) is 6.54 Å². The number of benzene rings is 2. The van der Waals surface area contributed by atoms with Crippen LogP contribution in [0.2, 0.25) is 0 Å². The Morgan fingerprint density at radius 3 is 2.47 bits per heavy atom. The third kappa shape index (κ3) is 7.52. The number of nitrogens with zero attached hydrogens (tertiary/aromatic N) is 1. The Morgan fingerprint density at radius 1 is 1.18 bits per heavy atom. The van der Waals surface area contributed by atoms with Gasteiger partial charge in [-0.2, -0.15) is 4.72 Å². The lowest BCUT2D eigenvalue weighted by Gasteiger charge is -2.14. The van der Waals surface area contributed by atoms with Gasteiger partial charge in [0.05, 0.1) is 18.3 Å². The van der Waals surface area contributed by atoms with E-state index in [-0.39, 0.29) is 23.3 Å². The number of aliphatic imine (C=N–C) groups is 1. The number of halogens is 4. The average molecular weight is 554 g/mol. The summed E-state index contributed by atoms with van der Waals surface area (Å²) in [5.74, 6) is -1.61. The summed E-state index contributed by atoms with van der Waals surface area (Å²) in [6.07, 6.45) is -1.56. The third-order valence-corrected chi connectivity index (χ3v) is 6.54. The molecule has 38 heavy (non-hydrogen) atoms. The standard InChI is InChI=1S/C25H23F4N3O5S/c1-4-16(17-5-8-21(9-6-17)37-25(27,28)29)12-20(30-3)14-31-24(33)15(2)32-38(34,35)23-13-18-11-19(26)7-10-22(18)36-23/h4-13,15,32H,3,14H2,1-2H3,(H,31,33)/b16-4+,20-12-/t15-/m0/s1. The van der Waals surface area contributed by atoms with E-state index in [0.717, 1.165) is 30.3 Å². The zero-order chi connectivity index (χ0) is 28.1. The largest absolute Gasteiger partial charge is 0.573 e. The van der Waals surface area contributed by atoms with Gasteiger partial charge in [-0.15, -0.1) is 13.2 Å². The number of nitrogens with one attached hydrogen (secondary N) is 2. The second-order valence-electron chi connectivity index (χ2n) is 7.92. The summed E-state index contributed by atoms with van der Waals surface area (Å²) in [6.45, 7) is 6.36. The number of ether oxygens (including phenoxy) is 1. The van der Waals surface area contributed by atoms with Crippen LogP contribution in [0.15, 0.2) is 80.9 Å². The first-order chi connectivity index (χ1) is 17.8. The van der Waals surface area contributed by atoms with Gasteiger partial charge in [0.15, 0.2) is 0 Å². The first-order valence-electron chi connectivity index (χ1n) is 11.0. The van der Waals surface area contributed by atoms with E-state index in [1.807, 2.05) is 0 Å². The van der Waals surface area contributed by atoms with E-state index in [9.17, 15) is 30.8 Å². The normalized spacial score (nSPS) is 13.8. The van der Waals surface area contributed by atoms with E-state index in [1.54, 1.807) is 19.1 Å². The molecule has 13 heteroatoms. The van der Waals surface area contributed by atoms with Gasteiger partial charge in [-0.1, -0.05) is 18.2 Å². The molecule has 1 aromatic heterocycles. The van der Waals surface area contributed by atoms with Gasteiger partial charge >= 0.3 is 6.36 Å². The molecule has 1 atom stereocenters. The van der Waals surface area contributed by atoms with E-state index < -0.39 is 39.2 Å². The van der Waals surface area contributed by atoms with Gasteiger partial charge in [0.25, 0.3) is 10.0 Å². The number of fused-ring (bicyclic) bond motifs is 1. The molecule has 8 nitrogen and oxygen atoms in total. The SMILES string of the molecule is C=N/C(=C\C(=C/C)c1ccc(OC(F)(F)F)cc1)CNC(=O)[C@H](C)NS(=O)(=O)c1cc2cc(F)ccc2o1. The Morgan fingerprint density at radius 2 is 1.87 bits per heavy atom. The number of sulfonamides is 1. The molecule has 0 fully saturated rings. The molecule has 0 aliphatic carbocycles. The number of hydrogen-bond donors (Lipinski definition) is 2. The van der Waals surface area contributed by atoms with Gasteiger partial charge in [0.2, 0.25) is 11.0 Å². The molecule has 0 saturated carbocycles. The smallest absolute Gasteiger partial charge is 0.443 e. The van der Waals surface area contributed by atoms with Crippen molar-refractivity contribution in [2.45, 2.75) is 31.3 Å². The number of amides is 1. The third-order valence-electron chi connectivity index (χ3n) is 5.15. The maximum Gasteiger partial charge on any atom is 0.573 e. The van der Waals surface area contributed by atoms with Crippen LogP contribution in [-0.4, -0.2) is 40.0 Å². The van der Waals surface area contributed by atoms with Crippen molar-refractivity contribution < 1.29 is 39.9 Å². The Hall–Kier alpha value is -3.97. The molecule has 3 rings (SSSR count). The molecule has 202 valence electrons. The van der Waals surface area contributed by atoms with Crippen LogP contribution in [0.1, 0.15) is 19.4 Å². The highest BCUT2D eigenvalue weighted by atomic mass is 32.2. The Balaban J connectivity index is 1.64. The molecular weight excluding hydrogens is 530 g/mol. The fourth-order valence-corrected chi connectivity index (χ4v) is 4.48. The van der Waals surface area contributed by atoms with Crippen LogP contribution in [0, 0.1) is 5.82 Å². The quantitative estimate of drug-likeness (QED) is 0.210. The maximum absolute atomic E-state index is 13.4. The van der Waals surface area contributed by atoms with Gasteiger partial charge in [-0.25, -0.2) is 12.8 Å². The molecule has 0 saturated heterocycles. The summed E-state index contributed by atoms with van der Waals surface area (Å²) in [5, 5.41) is 2.31. The fourth-order valence-electron chi connectivity index (χ4n) is 3.31. The predicted molar refractivity (Wildman–Crippen MR) is 133 cm³/mol. The van der Waals surface area contributed by atoms with Crippen LogP contribution in [0.5, 0.6) is 5.75 Å². The molecule has 0 radical (unpaired) electrons. The summed E-state index contributed by atoms with van der Waals surface area (Å²) in [5.41, 5.74) is 1.60. The minimum atomic E-state index is -4.81. The summed E-state index contributed by atoms with van der Waals surface area (Å²) in [6, 6.07) is 8.65. The van der Waals surface area contributed by atoms with Crippen LogP contribution in [-0.2, 0) is 14.8 Å². The Labute approximate surface area is 215 Å². The molecule has 1 heterocycles. The Kier molecular flexibility index (Phi) is 8.74. The lowest BCUT2D eigenvalue weighted by molar-refractivity contribution is -0.274. The molecule has 2 aromatic carbocycles. The highest BCUT2D eigenvalue weighted by molar-refractivity contribution is 7.89.